The molecular formula is C27H36ClN3O5. The van der Waals surface area contributed by atoms with E-state index in [4.69, 9.17) is 21.1 Å². The first-order valence-corrected chi connectivity index (χ1v) is 13.4. The fourth-order valence-electron chi connectivity index (χ4n) is 5.99. The lowest BCUT2D eigenvalue weighted by molar-refractivity contribution is -0.125. The first kappa shape index (κ1) is 25.3. The topological polar surface area (TPSA) is 79.4 Å². The van der Waals surface area contributed by atoms with Crippen LogP contribution in [0.25, 0.3) is 0 Å². The molecule has 1 spiro atoms. The van der Waals surface area contributed by atoms with Crippen molar-refractivity contribution in [1.82, 2.24) is 14.7 Å². The molecule has 3 heterocycles. The van der Waals surface area contributed by atoms with Crippen LogP contribution in [-0.2, 0) is 27.2 Å². The van der Waals surface area contributed by atoms with E-state index in [0.717, 1.165) is 42.6 Å². The highest BCUT2D eigenvalue weighted by atomic mass is 35.5. The van der Waals surface area contributed by atoms with E-state index in [0.29, 0.717) is 62.9 Å². The predicted octanol–water partition coefficient (Wildman–Crippen LogP) is 4.57. The highest BCUT2D eigenvalue weighted by Crippen LogP contribution is 2.44. The number of carbonyl (C=O) groups excluding carboxylic acids is 3. The third kappa shape index (κ3) is 5.07. The highest BCUT2D eigenvalue weighted by Gasteiger charge is 2.48. The molecule has 3 amide bonds. The van der Waals surface area contributed by atoms with Gasteiger partial charge in [-0.3, -0.25) is 9.69 Å². The molecule has 4 aliphatic rings. The minimum absolute atomic E-state index is 0.0490. The Labute approximate surface area is 217 Å². The summed E-state index contributed by atoms with van der Waals surface area (Å²) in [5.41, 5.74) is 2.61. The van der Waals surface area contributed by atoms with Gasteiger partial charge < -0.3 is 19.3 Å². The highest BCUT2D eigenvalue weighted by molar-refractivity contribution is 6.30. The molecule has 0 aromatic heterocycles. The molecule has 1 aliphatic carbocycles. The lowest BCUT2D eigenvalue weighted by Crippen LogP contribution is -2.62. The number of Topliss-reactive ketones (excluding diaryl/α,β-unsaturated/α-hetero) is 1. The van der Waals surface area contributed by atoms with E-state index >= 15 is 0 Å². The zero-order valence-electron chi connectivity index (χ0n) is 21.5. The van der Waals surface area contributed by atoms with Crippen molar-refractivity contribution in [3.8, 4) is 0 Å². The number of morpholine rings is 1. The summed E-state index contributed by atoms with van der Waals surface area (Å²) >= 11 is 6.52. The van der Waals surface area contributed by atoms with Gasteiger partial charge in [0, 0.05) is 56.0 Å². The molecule has 8 nitrogen and oxygen atoms in total. The molecule has 0 radical (unpaired) electrons. The quantitative estimate of drug-likeness (QED) is 0.545. The van der Waals surface area contributed by atoms with E-state index in [1.165, 1.54) is 0 Å². The van der Waals surface area contributed by atoms with Crippen molar-refractivity contribution >= 4 is 29.5 Å². The zero-order valence-corrected chi connectivity index (χ0v) is 22.2. The van der Waals surface area contributed by atoms with Gasteiger partial charge in [-0.25, -0.2) is 9.59 Å². The maximum atomic E-state index is 13.4. The van der Waals surface area contributed by atoms with E-state index in [9.17, 15) is 14.4 Å². The van der Waals surface area contributed by atoms with Crippen LogP contribution in [0, 0.1) is 5.41 Å². The number of likely N-dealkylation sites (tertiary alicyclic amines) is 1. The summed E-state index contributed by atoms with van der Waals surface area (Å²) in [5.74, 6) is 0.344. The molecule has 1 aromatic carbocycles. The van der Waals surface area contributed by atoms with E-state index in [1.807, 2.05) is 42.7 Å². The van der Waals surface area contributed by atoms with Crippen LogP contribution < -0.4 is 0 Å². The molecular weight excluding hydrogens is 482 g/mol. The van der Waals surface area contributed by atoms with Crippen LogP contribution in [0.4, 0.5) is 9.59 Å². The summed E-state index contributed by atoms with van der Waals surface area (Å²) in [7, 11) is 0. The molecule has 5 rings (SSSR count). The maximum absolute atomic E-state index is 13.4. The summed E-state index contributed by atoms with van der Waals surface area (Å²) in [6.07, 6.45) is 3.40. The van der Waals surface area contributed by atoms with Crippen LogP contribution in [0.15, 0.2) is 12.1 Å². The van der Waals surface area contributed by atoms with Gasteiger partial charge in [0.2, 0.25) is 0 Å². The monoisotopic (exact) mass is 517 g/mol. The molecule has 9 heteroatoms. The van der Waals surface area contributed by atoms with E-state index < -0.39 is 5.60 Å². The minimum Gasteiger partial charge on any atom is -0.444 e. The fourth-order valence-corrected chi connectivity index (χ4v) is 6.24. The van der Waals surface area contributed by atoms with Crippen molar-refractivity contribution in [3.63, 3.8) is 0 Å². The molecule has 36 heavy (non-hydrogen) atoms. The number of carbonyl (C=O) groups is 3. The number of fused-ring (bicyclic) bond motifs is 1. The minimum atomic E-state index is -0.600. The average Bonchev–Trinajstić information content (AvgIpc) is 2.81. The largest absolute Gasteiger partial charge is 0.444 e. The Balaban J connectivity index is 1.34. The molecule has 3 fully saturated rings. The second-order valence-corrected chi connectivity index (χ2v) is 12.2. The van der Waals surface area contributed by atoms with Crippen molar-refractivity contribution in [3.05, 3.63) is 33.8 Å². The third-order valence-electron chi connectivity index (χ3n) is 7.92. The maximum Gasteiger partial charge on any atom is 0.410 e. The van der Waals surface area contributed by atoms with Crippen LogP contribution in [0.3, 0.4) is 0 Å². The molecule has 1 aromatic rings. The van der Waals surface area contributed by atoms with Crippen LogP contribution in [0.2, 0.25) is 5.02 Å². The number of ether oxygens (including phenoxy) is 2. The number of ketones is 1. The molecule has 1 saturated carbocycles. The van der Waals surface area contributed by atoms with Crippen LogP contribution in [0.1, 0.15) is 69.2 Å². The SMILES string of the molecule is CC(C)(C)OC(=O)N1CCOC[C@H]1c1cc(Cl)cc2c1CN(C(=O)N1CC3(CCC(=O)CC3)C1)CC2. The normalized spacial score (nSPS) is 23.8. The number of halogens is 1. The van der Waals surface area contributed by atoms with Gasteiger partial charge in [0.1, 0.15) is 11.4 Å². The summed E-state index contributed by atoms with van der Waals surface area (Å²) in [5, 5.41) is 0.620. The van der Waals surface area contributed by atoms with Gasteiger partial charge in [0.05, 0.1) is 19.3 Å². The molecule has 1 atom stereocenters. The summed E-state index contributed by atoms with van der Waals surface area (Å²) in [6.45, 7) is 9.38. The van der Waals surface area contributed by atoms with Crippen molar-refractivity contribution in [2.24, 2.45) is 5.41 Å². The fraction of sp³-hybridized carbons (Fsp3) is 0.667. The first-order chi connectivity index (χ1) is 17.0. The average molecular weight is 518 g/mol. The predicted molar refractivity (Wildman–Crippen MR) is 135 cm³/mol. The number of hydrogen-bond acceptors (Lipinski definition) is 5. The third-order valence-corrected chi connectivity index (χ3v) is 8.14. The van der Waals surface area contributed by atoms with E-state index in [1.54, 1.807) is 4.90 Å². The van der Waals surface area contributed by atoms with Gasteiger partial charge in [0.25, 0.3) is 0 Å². The molecule has 0 bridgehead atoms. The van der Waals surface area contributed by atoms with Gasteiger partial charge in [0.15, 0.2) is 0 Å². The summed E-state index contributed by atoms with van der Waals surface area (Å²) < 4.78 is 11.5. The lowest BCUT2D eigenvalue weighted by atomic mass is 9.68. The van der Waals surface area contributed by atoms with E-state index in [-0.39, 0.29) is 23.6 Å². The number of benzene rings is 1. The Kier molecular flexibility index (Phi) is 6.70. The first-order valence-electron chi connectivity index (χ1n) is 13.0. The van der Waals surface area contributed by atoms with Crippen molar-refractivity contribution in [2.45, 2.75) is 71.1 Å². The summed E-state index contributed by atoms with van der Waals surface area (Å²) in [4.78, 5) is 43.7. The van der Waals surface area contributed by atoms with Crippen LogP contribution >= 0.6 is 11.6 Å². The second-order valence-electron chi connectivity index (χ2n) is 11.7. The molecule has 0 N–H and O–H groups in total. The van der Waals surface area contributed by atoms with E-state index in [2.05, 4.69) is 0 Å². The van der Waals surface area contributed by atoms with Gasteiger partial charge in [-0.15, -0.1) is 0 Å². The number of rotatable bonds is 1. The lowest BCUT2D eigenvalue weighted by Gasteiger charge is -2.53. The van der Waals surface area contributed by atoms with Gasteiger partial charge >= 0.3 is 12.1 Å². The molecule has 196 valence electrons. The van der Waals surface area contributed by atoms with Gasteiger partial charge in [-0.2, -0.15) is 0 Å². The summed E-state index contributed by atoms with van der Waals surface area (Å²) in [6, 6.07) is 3.60. The van der Waals surface area contributed by atoms with Gasteiger partial charge in [-0.05, 0) is 68.9 Å². The Hall–Kier alpha value is -2.32. The standard InChI is InChI=1S/C27H36ClN3O5/c1-26(2,3)36-25(34)31-10-11-35-15-23(31)21-13-19(28)12-18-6-9-29(14-22(18)21)24(33)30-16-27(17-30)7-4-20(32)5-8-27/h12-13,23H,4-11,14-17H2,1-3H3/t23-/m0/s1. The van der Waals surface area contributed by atoms with Crippen molar-refractivity contribution in [2.75, 3.05) is 39.4 Å². The second kappa shape index (κ2) is 9.53. The Morgan fingerprint density at radius 3 is 2.50 bits per heavy atom. The molecule has 0 unspecified atom stereocenters. The number of amides is 3. The smallest absolute Gasteiger partial charge is 0.410 e. The molecule has 2 saturated heterocycles. The number of nitrogens with zero attached hydrogens (tertiary/aromatic N) is 3. The zero-order chi connectivity index (χ0) is 25.7. The Morgan fingerprint density at radius 2 is 1.81 bits per heavy atom. The molecule has 3 aliphatic heterocycles. The van der Waals surface area contributed by atoms with Crippen LogP contribution in [-0.4, -0.2) is 77.6 Å². The van der Waals surface area contributed by atoms with Gasteiger partial charge in [-0.1, -0.05) is 11.6 Å². The van der Waals surface area contributed by atoms with Crippen LogP contribution in [0.5, 0.6) is 0 Å². The Bertz CT molecular complexity index is 1050. The Morgan fingerprint density at radius 1 is 1.08 bits per heavy atom. The van der Waals surface area contributed by atoms with Crippen molar-refractivity contribution < 1.29 is 23.9 Å². The number of hydrogen-bond donors (Lipinski definition) is 0. The van der Waals surface area contributed by atoms with Crippen molar-refractivity contribution in [1.29, 1.82) is 0 Å². The number of urea groups is 1.